The number of carbonyl (C=O) groups excluding carboxylic acids is 1. The zero-order chi connectivity index (χ0) is 9.68. The highest BCUT2D eigenvalue weighted by Gasteiger charge is 2.09. The average Bonchev–Trinajstić information content (AvgIpc) is 2.18. The molecule has 0 saturated carbocycles. The number of nitrogens with zero attached hydrogens (tertiary/aromatic N) is 2. The maximum absolute atomic E-state index is 11.5. The van der Waals surface area contributed by atoms with Crippen molar-refractivity contribution in [3.8, 4) is 0 Å². The monoisotopic (exact) mass is 180 g/mol. The summed E-state index contributed by atoms with van der Waals surface area (Å²) in [7, 11) is 3.23. The molecular weight excluding hydrogens is 168 g/mol. The van der Waals surface area contributed by atoms with Gasteiger partial charge in [0.25, 0.3) is 5.91 Å². The first-order valence-electron chi connectivity index (χ1n) is 3.90. The van der Waals surface area contributed by atoms with Crippen LogP contribution in [0.15, 0.2) is 24.5 Å². The molecule has 70 valence electrons. The van der Waals surface area contributed by atoms with E-state index in [4.69, 9.17) is 4.74 Å². The molecule has 0 saturated heterocycles. The van der Waals surface area contributed by atoms with Crippen molar-refractivity contribution >= 4 is 5.91 Å². The summed E-state index contributed by atoms with van der Waals surface area (Å²) in [6.45, 7) is 0.285. The quantitative estimate of drug-likeness (QED) is 0.645. The molecule has 1 heterocycles. The summed E-state index contributed by atoms with van der Waals surface area (Å²) >= 11 is 0. The number of pyridine rings is 1. The fourth-order valence-electron chi connectivity index (χ4n) is 0.962. The maximum Gasteiger partial charge on any atom is 0.256 e. The van der Waals surface area contributed by atoms with Crippen LogP contribution in [0.25, 0.3) is 0 Å². The predicted octanol–water partition coefficient (Wildman–Crippen LogP) is 0.757. The smallest absolute Gasteiger partial charge is 0.256 e. The highest BCUT2D eigenvalue weighted by molar-refractivity contribution is 5.93. The first-order valence-corrected chi connectivity index (χ1v) is 3.90. The third kappa shape index (κ3) is 2.52. The topological polar surface area (TPSA) is 42.4 Å². The van der Waals surface area contributed by atoms with Crippen molar-refractivity contribution in [1.82, 2.24) is 9.88 Å². The molecule has 0 aliphatic carbocycles. The van der Waals surface area contributed by atoms with Gasteiger partial charge in [0.15, 0.2) is 0 Å². The molecule has 1 aromatic rings. The second-order valence-corrected chi connectivity index (χ2v) is 2.66. The summed E-state index contributed by atoms with van der Waals surface area (Å²) in [6, 6.07) is 3.45. The lowest BCUT2D eigenvalue weighted by Gasteiger charge is -2.15. The molecule has 0 aliphatic heterocycles. The second-order valence-electron chi connectivity index (χ2n) is 2.66. The minimum absolute atomic E-state index is 0.0880. The van der Waals surface area contributed by atoms with Gasteiger partial charge in [0.05, 0.1) is 5.56 Å². The number of ether oxygens (including phenoxy) is 1. The summed E-state index contributed by atoms with van der Waals surface area (Å²) < 4.78 is 4.83. The van der Waals surface area contributed by atoms with Crippen molar-refractivity contribution in [2.45, 2.75) is 0 Å². The van der Waals surface area contributed by atoms with Crippen molar-refractivity contribution in [2.24, 2.45) is 0 Å². The zero-order valence-electron chi connectivity index (χ0n) is 7.73. The van der Waals surface area contributed by atoms with Crippen LogP contribution in [-0.4, -0.2) is 36.7 Å². The second kappa shape index (κ2) is 4.57. The molecule has 0 aromatic carbocycles. The van der Waals surface area contributed by atoms with Gasteiger partial charge in [0, 0.05) is 26.6 Å². The summed E-state index contributed by atoms with van der Waals surface area (Å²) in [5.41, 5.74) is 0.571. The van der Waals surface area contributed by atoms with Crippen LogP contribution in [0.1, 0.15) is 10.4 Å². The predicted molar refractivity (Wildman–Crippen MR) is 48.2 cm³/mol. The van der Waals surface area contributed by atoms with Gasteiger partial charge < -0.3 is 9.64 Å². The lowest BCUT2D eigenvalue weighted by molar-refractivity contribution is 0.0507. The van der Waals surface area contributed by atoms with Gasteiger partial charge in [0.1, 0.15) is 6.73 Å². The van der Waals surface area contributed by atoms with E-state index in [1.807, 2.05) is 0 Å². The number of amides is 1. The molecule has 0 fully saturated rings. The minimum Gasteiger partial charge on any atom is -0.364 e. The van der Waals surface area contributed by atoms with E-state index in [1.165, 1.54) is 11.1 Å². The fourth-order valence-corrected chi connectivity index (χ4v) is 0.962. The normalized spacial score (nSPS) is 9.69. The lowest BCUT2D eigenvalue weighted by Crippen LogP contribution is -2.28. The zero-order valence-corrected chi connectivity index (χ0v) is 7.73. The van der Waals surface area contributed by atoms with Gasteiger partial charge in [-0.05, 0) is 12.1 Å². The SMILES string of the molecule is COCN(C)C(=O)c1cccnc1. The van der Waals surface area contributed by atoms with E-state index in [9.17, 15) is 4.79 Å². The molecule has 0 aliphatic rings. The first kappa shape index (κ1) is 9.67. The van der Waals surface area contributed by atoms with E-state index in [0.717, 1.165) is 0 Å². The van der Waals surface area contributed by atoms with Crippen molar-refractivity contribution in [1.29, 1.82) is 0 Å². The van der Waals surface area contributed by atoms with Crippen molar-refractivity contribution in [2.75, 3.05) is 20.9 Å². The van der Waals surface area contributed by atoms with Crippen LogP contribution in [0.3, 0.4) is 0 Å². The van der Waals surface area contributed by atoms with Crippen molar-refractivity contribution < 1.29 is 9.53 Å². The number of hydrogen-bond acceptors (Lipinski definition) is 3. The van der Waals surface area contributed by atoms with Crippen LogP contribution in [0.2, 0.25) is 0 Å². The number of hydrogen-bond donors (Lipinski definition) is 0. The molecule has 4 heteroatoms. The molecule has 0 bridgehead atoms. The molecular formula is C9H12N2O2. The number of rotatable bonds is 3. The van der Waals surface area contributed by atoms with Gasteiger partial charge in [-0.3, -0.25) is 9.78 Å². The van der Waals surface area contributed by atoms with Crippen molar-refractivity contribution in [3.05, 3.63) is 30.1 Å². The molecule has 1 aromatic heterocycles. The van der Waals surface area contributed by atoms with E-state index in [0.29, 0.717) is 5.56 Å². The van der Waals surface area contributed by atoms with Crippen LogP contribution >= 0.6 is 0 Å². The Hall–Kier alpha value is -1.42. The van der Waals surface area contributed by atoms with E-state index in [2.05, 4.69) is 4.98 Å². The Balaban J connectivity index is 2.68. The van der Waals surface area contributed by atoms with Crippen LogP contribution in [0.4, 0.5) is 0 Å². The lowest BCUT2D eigenvalue weighted by atomic mass is 10.2. The fraction of sp³-hybridized carbons (Fsp3) is 0.333. The van der Waals surface area contributed by atoms with Gasteiger partial charge in [0.2, 0.25) is 0 Å². The third-order valence-corrected chi connectivity index (χ3v) is 1.58. The van der Waals surface area contributed by atoms with Gasteiger partial charge in [-0.2, -0.15) is 0 Å². The highest BCUT2D eigenvalue weighted by Crippen LogP contribution is 2.00. The Morgan fingerprint density at radius 3 is 3.00 bits per heavy atom. The molecule has 13 heavy (non-hydrogen) atoms. The molecule has 0 radical (unpaired) electrons. The molecule has 4 nitrogen and oxygen atoms in total. The minimum atomic E-state index is -0.0880. The summed E-state index contributed by atoms with van der Waals surface area (Å²) in [6.07, 6.45) is 3.17. The summed E-state index contributed by atoms with van der Waals surface area (Å²) in [4.78, 5) is 16.9. The first-order chi connectivity index (χ1) is 6.25. The molecule has 1 rings (SSSR count). The Bertz CT molecular complexity index is 274. The standard InChI is InChI=1S/C9H12N2O2/c1-11(7-13-2)9(12)8-4-3-5-10-6-8/h3-6H,7H2,1-2H3. The summed E-state index contributed by atoms with van der Waals surface area (Å²) in [5.74, 6) is -0.0880. The van der Waals surface area contributed by atoms with Crippen molar-refractivity contribution in [3.63, 3.8) is 0 Å². The van der Waals surface area contributed by atoms with Gasteiger partial charge in [-0.1, -0.05) is 0 Å². The number of carbonyl (C=O) groups is 1. The molecule has 1 amide bonds. The van der Waals surface area contributed by atoms with Gasteiger partial charge in [-0.25, -0.2) is 0 Å². The van der Waals surface area contributed by atoms with Crippen LogP contribution in [0.5, 0.6) is 0 Å². The van der Waals surface area contributed by atoms with Crippen LogP contribution in [0, 0.1) is 0 Å². The Kier molecular flexibility index (Phi) is 3.40. The third-order valence-electron chi connectivity index (χ3n) is 1.58. The van der Waals surface area contributed by atoms with Crippen LogP contribution < -0.4 is 0 Å². The van der Waals surface area contributed by atoms with E-state index in [1.54, 1.807) is 32.5 Å². The number of methoxy groups -OCH3 is 1. The highest BCUT2D eigenvalue weighted by atomic mass is 16.5. The van der Waals surface area contributed by atoms with E-state index < -0.39 is 0 Å². The Morgan fingerprint density at radius 1 is 1.69 bits per heavy atom. The largest absolute Gasteiger partial charge is 0.364 e. The van der Waals surface area contributed by atoms with E-state index in [-0.39, 0.29) is 12.6 Å². The average molecular weight is 180 g/mol. The molecule has 0 N–H and O–H groups in total. The molecule has 0 spiro atoms. The maximum atomic E-state index is 11.5. The van der Waals surface area contributed by atoms with Gasteiger partial charge in [-0.15, -0.1) is 0 Å². The van der Waals surface area contributed by atoms with Crippen LogP contribution in [-0.2, 0) is 4.74 Å². The number of aromatic nitrogens is 1. The molecule has 0 unspecified atom stereocenters. The van der Waals surface area contributed by atoms with E-state index >= 15 is 0 Å². The Labute approximate surface area is 77.1 Å². The Morgan fingerprint density at radius 2 is 2.46 bits per heavy atom. The summed E-state index contributed by atoms with van der Waals surface area (Å²) in [5, 5.41) is 0. The van der Waals surface area contributed by atoms with Gasteiger partial charge >= 0.3 is 0 Å². The molecule has 0 atom stereocenters.